The first-order chi connectivity index (χ1) is 18.1. The molecule has 196 valence electrons. The molecule has 38 heavy (non-hydrogen) atoms. The normalized spacial score (nSPS) is 16.4. The topological polar surface area (TPSA) is 93.4 Å². The zero-order chi connectivity index (χ0) is 26.9. The van der Waals surface area contributed by atoms with Gasteiger partial charge in [-0.1, -0.05) is 12.0 Å². The van der Waals surface area contributed by atoms with E-state index in [9.17, 15) is 18.0 Å². The SMILES string of the molecule is Cc1ccc(NC(=O)c2ccnc(C(F)(F)F)c2)cc1-c1cc(C#CC2(N)CC2)nc(N2CCOCC2)c1. The van der Waals surface area contributed by atoms with Crippen molar-refractivity contribution in [1.29, 1.82) is 0 Å². The molecule has 0 bridgehead atoms. The maximum atomic E-state index is 13.0. The number of morpholine rings is 1. The molecule has 3 aromatic rings. The number of aromatic nitrogens is 2. The van der Waals surface area contributed by atoms with Crippen molar-refractivity contribution >= 4 is 17.4 Å². The number of carbonyl (C=O) groups excluding carboxylic acids is 1. The highest BCUT2D eigenvalue weighted by molar-refractivity contribution is 6.04. The molecule has 1 aliphatic carbocycles. The molecule has 0 radical (unpaired) electrons. The molecule has 2 aromatic heterocycles. The number of aryl methyl sites for hydroxylation is 1. The summed E-state index contributed by atoms with van der Waals surface area (Å²) in [6, 6.07) is 11.2. The number of halogens is 3. The van der Waals surface area contributed by atoms with Gasteiger partial charge in [0.2, 0.25) is 0 Å². The molecule has 1 aromatic carbocycles. The van der Waals surface area contributed by atoms with Crippen LogP contribution in [0.25, 0.3) is 11.1 Å². The minimum atomic E-state index is -4.64. The van der Waals surface area contributed by atoms with Crippen molar-refractivity contribution in [2.45, 2.75) is 31.5 Å². The first-order valence-corrected chi connectivity index (χ1v) is 12.2. The molecule has 0 atom stereocenters. The van der Waals surface area contributed by atoms with E-state index in [1.165, 1.54) is 6.07 Å². The summed E-state index contributed by atoms with van der Waals surface area (Å²) >= 11 is 0. The second-order valence-corrected chi connectivity index (χ2v) is 9.52. The Morgan fingerprint density at radius 2 is 1.89 bits per heavy atom. The molecule has 3 N–H and O–H groups in total. The van der Waals surface area contributed by atoms with Gasteiger partial charge in [0, 0.05) is 30.5 Å². The van der Waals surface area contributed by atoms with Crippen molar-refractivity contribution < 1.29 is 22.7 Å². The van der Waals surface area contributed by atoms with Gasteiger partial charge >= 0.3 is 6.18 Å². The van der Waals surface area contributed by atoms with Crippen LogP contribution in [0.3, 0.4) is 0 Å². The van der Waals surface area contributed by atoms with Gasteiger partial charge in [-0.05, 0) is 78.8 Å². The monoisotopic (exact) mass is 521 g/mol. The molecule has 3 heterocycles. The number of anilines is 2. The zero-order valence-electron chi connectivity index (χ0n) is 20.7. The molecule has 1 saturated heterocycles. The fourth-order valence-corrected chi connectivity index (χ4v) is 4.08. The van der Waals surface area contributed by atoms with Gasteiger partial charge in [0.05, 0.1) is 18.8 Å². The van der Waals surface area contributed by atoms with E-state index in [4.69, 9.17) is 15.5 Å². The lowest BCUT2D eigenvalue weighted by Gasteiger charge is -2.28. The molecule has 5 rings (SSSR count). The first-order valence-electron chi connectivity index (χ1n) is 12.2. The Morgan fingerprint density at radius 3 is 2.61 bits per heavy atom. The third-order valence-electron chi connectivity index (χ3n) is 6.49. The molecule has 1 aliphatic heterocycles. The lowest BCUT2D eigenvalue weighted by atomic mass is 9.99. The van der Waals surface area contributed by atoms with Crippen LogP contribution < -0.4 is 16.0 Å². The molecular formula is C28H26F3N5O2. The number of nitrogens with one attached hydrogen (secondary N) is 1. The number of hydrogen-bond donors (Lipinski definition) is 2. The van der Waals surface area contributed by atoms with Crippen molar-refractivity contribution in [3.63, 3.8) is 0 Å². The summed E-state index contributed by atoms with van der Waals surface area (Å²) in [5.74, 6) is 6.35. The molecule has 0 spiro atoms. The average molecular weight is 522 g/mol. The predicted molar refractivity (Wildman–Crippen MR) is 138 cm³/mol. The van der Waals surface area contributed by atoms with Crippen LogP contribution in [0.4, 0.5) is 24.7 Å². The van der Waals surface area contributed by atoms with Crippen LogP contribution in [-0.2, 0) is 10.9 Å². The number of nitrogens with two attached hydrogens (primary N) is 1. The largest absolute Gasteiger partial charge is 0.433 e. The number of carbonyl (C=O) groups is 1. The Bertz CT molecular complexity index is 1430. The Balaban J connectivity index is 1.47. The molecule has 2 aliphatic rings. The highest BCUT2D eigenvalue weighted by Crippen LogP contribution is 2.33. The van der Waals surface area contributed by atoms with E-state index in [2.05, 4.69) is 27.0 Å². The molecule has 1 saturated carbocycles. The van der Waals surface area contributed by atoms with Crippen LogP contribution in [-0.4, -0.2) is 47.7 Å². The van der Waals surface area contributed by atoms with Crippen molar-refractivity contribution in [2.24, 2.45) is 5.73 Å². The highest BCUT2D eigenvalue weighted by atomic mass is 19.4. The number of hydrogen-bond acceptors (Lipinski definition) is 6. The molecular weight excluding hydrogens is 495 g/mol. The molecule has 7 nitrogen and oxygen atoms in total. The van der Waals surface area contributed by atoms with E-state index >= 15 is 0 Å². The number of alkyl halides is 3. The fourth-order valence-electron chi connectivity index (χ4n) is 4.08. The second kappa shape index (κ2) is 10.1. The zero-order valence-corrected chi connectivity index (χ0v) is 20.7. The van der Waals surface area contributed by atoms with Gasteiger partial charge in [-0.15, -0.1) is 0 Å². The number of ether oxygens (including phenoxy) is 1. The maximum absolute atomic E-state index is 13.0. The van der Waals surface area contributed by atoms with E-state index in [0.29, 0.717) is 37.7 Å². The smallest absolute Gasteiger partial charge is 0.378 e. The second-order valence-electron chi connectivity index (χ2n) is 9.52. The summed E-state index contributed by atoms with van der Waals surface area (Å²) in [5.41, 5.74) is 8.11. The maximum Gasteiger partial charge on any atom is 0.433 e. The first kappa shape index (κ1) is 25.7. The van der Waals surface area contributed by atoms with Gasteiger partial charge in [-0.3, -0.25) is 9.78 Å². The number of rotatable bonds is 4. The highest BCUT2D eigenvalue weighted by Gasteiger charge is 2.36. The van der Waals surface area contributed by atoms with Gasteiger partial charge < -0.3 is 20.7 Å². The van der Waals surface area contributed by atoms with Crippen molar-refractivity contribution in [1.82, 2.24) is 9.97 Å². The van der Waals surface area contributed by atoms with E-state index in [0.717, 1.165) is 47.6 Å². The minimum absolute atomic E-state index is 0.138. The summed E-state index contributed by atoms with van der Waals surface area (Å²) < 4.78 is 44.6. The number of pyridine rings is 2. The molecule has 2 fully saturated rings. The van der Waals surface area contributed by atoms with Gasteiger partial charge in [-0.2, -0.15) is 13.2 Å². The van der Waals surface area contributed by atoms with E-state index in [-0.39, 0.29) is 5.56 Å². The fraction of sp³-hybridized carbons (Fsp3) is 0.321. The Morgan fingerprint density at radius 1 is 1.13 bits per heavy atom. The van der Waals surface area contributed by atoms with Crippen LogP contribution >= 0.6 is 0 Å². The van der Waals surface area contributed by atoms with Gasteiger partial charge in [0.15, 0.2) is 0 Å². The van der Waals surface area contributed by atoms with Crippen molar-refractivity contribution in [3.05, 3.63) is 71.2 Å². The molecule has 0 unspecified atom stereocenters. The lowest BCUT2D eigenvalue weighted by molar-refractivity contribution is -0.141. The summed E-state index contributed by atoms with van der Waals surface area (Å²) in [6.07, 6.45) is -1.95. The summed E-state index contributed by atoms with van der Waals surface area (Å²) in [4.78, 5) is 23.0. The van der Waals surface area contributed by atoms with Crippen LogP contribution in [0.15, 0.2) is 48.7 Å². The van der Waals surface area contributed by atoms with E-state index in [1.807, 2.05) is 25.1 Å². The number of nitrogens with zero attached hydrogens (tertiary/aromatic N) is 3. The summed E-state index contributed by atoms with van der Waals surface area (Å²) in [6.45, 7) is 4.55. The van der Waals surface area contributed by atoms with Crippen LogP contribution in [0.1, 0.15) is 40.2 Å². The Labute approximate surface area is 218 Å². The number of benzene rings is 1. The van der Waals surface area contributed by atoms with Crippen molar-refractivity contribution in [3.8, 4) is 23.0 Å². The third-order valence-corrected chi connectivity index (χ3v) is 6.49. The number of amides is 1. The van der Waals surface area contributed by atoms with Gasteiger partial charge in [0.25, 0.3) is 5.91 Å². The van der Waals surface area contributed by atoms with Crippen LogP contribution in [0, 0.1) is 18.8 Å². The van der Waals surface area contributed by atoms with E-state index in [1.54, 1.807) is 12.1 Å². The Kier molecular flexibility index (Phi) is 6.82. The van der Waals surface area contributed by atoms with Crippen LogP contribution in [0.2, 0.25) is 0 Å². The quantitative estimate of drug-likeness (QED) is 0.495. The van der Waals surface area contributed by atoms with Crippen molar-refractivity contribution in [2.75, 3.05) is 36.5 Å². The summed E-state index contributed by atoms with van der Waals surface area (Å²) in [7, 11) is 0. The lowest BCUT2D eigenvalue weighted by Crippen LogP contribution is -2.36. The van der Waals surface area contributed by atoms with Gasteiger partial charge in [-0.25, -0.2) is 4.98 Å². The minimum Gasteiger partial charge on any atom is -0.378 e. The van der Waals surface area contributed by atoms with Gasteiger partial charge in [0.1, 0.15) is 17.2 Å². The standard InChI is InChI=1S/C28H26F3N5O2/c1-18-2-3-21(35-26(37)19-5-9-33-24(15-19)28(29,30)31)17-23(18)20-14-22(4-6-27(32)7-8-27)34-25(16-20)36-10-12-38-13-11-36/h2-3,5,9,14-17H,7-8,10-13,32H2,1H3,(H,35,37). The van der Waals surface area contributed by atoms with Crippen LogP contribution in [0.5, 0.6) is 0 Å². The average Bonchev–Trinajstić information content (AvgIpc) is 3.65. The Hall–Kier alpha value is -3.94. The summed E-state index contributed by atoms with van der Waals surface area (Å²) in [5, 5.41) is 2.70. The predicted octanol–water partition coefficient (Wildman–Crippen LogP) is 4.40. The molecule has 1 amide bonds. The third kappa shape index (κ3) is 5.96. The molecule has 10 heteroatoms. The van der Waals surface area contributed by atoms with E-state index < -0.39 is 23.3 Å².